The Hall–Kier alpha value is -2.99. The van der Waals surface area contributed by atoms with E-state index in [1.54, 1.807) is 14.2 Å². The highest BCUT2D eigenvalue weighted by molar-refractivity contribution is 5.83. The second-order valence-electron chi connectivity index (χ2n) is 7.25. The van der Waals surface area contributed by atoms with Crippen molar-refractivity contribution in [2.24, 2.45) is 4.99 Å². The molecule has 0 fully saturated rings. The van der Waals surface area contributed by atoms with Crippen molar-refractivity contribution in [1.82, 2.24) is 20.5 Å². The SMILES string of the molecule is CN=C(NCCc1c[nH]c2ccccc12)NCC(c1cccc(OC)c1)N(C)C. The van der Waals surface area contributed by atoms with Crippen LogP contribution in [0, 0.1) is 0 Å². The average Bonchev–Trinajstić information content (AvgIpc) is 3.15. The molecule has 3 N–H and O–H groups in total. The van der Waals surface area contributed by atoms with Crippen LogP contribution in [0.25, 0.3) is 10.9 Å². The first-order valence-corrected chi connectivity index (χ1v) is 9.92. The lowest BCUT2D eigenvalue weighted by Gasteiger charge is -2.26. The van der Waals surface area contributed by atoms with Crippen LogP contribution in [0.15, 0.2) is 59.7 Å². The van der Waals surface area contributed by atoms with Crippen LogP contribution >= 0.6 is 0 Å². The number of H-pyrrole nitrogens is 1. The van der Waals surface area contributed by atoms with E-state index in [-0.39, 0.29) is 6.04 Å². The summed E-state index contributed by atoms with van der Waals surface area (Å²) in [6, 6.07) is 16.8. The number of nitrogens with one attached hydrogen (secondary N) is 3. The minimum Gasteiger partial charge on any atom is -0.497 e. The van der Waals surface area contributed by atoms with Gasteiger partial charge in [0.15, 0.2) is 5.96 Å². The maximum Gasteiger partial charge on any atom is 0.191 e. The van der Waals surface area contributed by atoms with Crippen LogP contribution in [-0.2, 0) is 6.42 Å². The minimum absolute atomic E-state index is 0.206. The summed E-state index contributed by atoms with van der Waals surface area (Å²) in [4.78, 5) is 9.90. The average molecular weight is 394 g/mol. The van der Waals surface area contributed by atoms with E-state index in [1.807, 2.05) is 12.1 Å². The lowest BCUT2D eigenvalue weighted by Crippen LogP contribution is -2.42. The van der Waals surface area contributed by atoms with Gasteiger partial charge in [0.05, 0.1) is 13.2 Å². The zero-order valence-electron chi connectivity index (χ0n) is 17.7. The number of nitrogens with zero attached hydrogens (tertiary/aromatic N) is 2. The van der Waals surface area contributed by atoms with Crippen LogP contribution in [0.4, 0.5) is 0 Å². The lowest BCUT2D eigenvalue weighted by molar-refractivity contribution is 0.297. The quantitative estimate of drug-likeness (QED) is 0.406. The number of methoxy groups -OCH3 is 1. The van der Waals surface area contributed by atoms with Gasteiger partial charge in [-0.2, -0.15) is 0 Å². The Bertz CT molecular complexity index is 947. The molecule has 0 spiro atoms. The smallest absolute Gasteiger partial charge is 0.191 e. The Balaban J connectivity index is 1.56. The van der Waals surface area contributed by atoms with Gasteiger partial charge in [-0.15, -0.1) is 0 Å². The van der Waals surface area contributed by atoms with Crippen LogP contribution < -0.4 is 15.4 Å². The van der Waals surface area contributed by atoms with Crippen molar-refractivity contribution in [3.8, 4) is 5.75 Å². The van der Waals surface area contributed by atoms with Gasteiger partial charge in [0.25, 0.3) is 0 Å². The van der Waals surface area contributed by atoms with Gasteiger partial charge in [-0.3, -0.25) is 4.99 Å². The largest absolute Gasteiger partial charge is 0.497 e. The van der Waals surface area contributed by atoms with Gasteiger partial charge in [-0.25, -0.2) is 0 Å². The number of aromatic nitrogens is 1. The van der Waals surface area contributed by atoms with Gasteiger partial charge in [0, 0.05) is 37.2 Å². The topological polar surface area (TPSA) is 64.7 Å². The predicted molar refractivity (Wildman–Crippen MR) is 121 cm³/mol. The van der Waals surface area contributed by atoms with E-state index in [1.165, 1.54) is 22.0 Å². The summed E-state index contributed by atoms with van der Waals surface area (Å²) in [5, 5.41) is 8.16. The molecule has 0 bridgehead atoms. The first kappa shape index (κ1) is 20.7. The summed E-state index contributed by atoms with van der Waals surface area (Å²) >= 11 is 0. The van der Waals surface area contributed by atoms with E-state index in [4.69, 9.17) is 4.74 Å². The maximum absolute atomic E-state index is 5.37. The fourth-order valence-electron chi connectivity index (χ4n) is 3.52. The van der Waals surface area contributed by atoms with Gasteiger partial charge in [0.1, 0.15) is 5.75 Å². The molecule has 1 heterocycles. The van der Waals surface area contributed by atoms with Gasteiger partial charge in [-0.1, -0.05) is 30.3 Å². The highest BCUT2D eigenvalue weighted by Crippen LogP contribution is 2.22. The second-order valence-corrected chi connectivity index (χ2v) is 7.25. The van der Waals surface area contributed by atoms with Crippen molar-refractivity contribution >= 4 is 16.9 Å². The van der Waals surface area contributed by atoms with Crippen molar-refractivity contribution in [1.29, 1.82) is 0 Å². The van der Waals surface area contributed by atoms with Crippen LogP contribution in [0.5, 0.6) is 5.75 Å². The molecule has 2 aromatic carbocycles. The number of likely N-dealkylation sites (N-methyl/N-ethyl adjacent to an activating group) is 1. The predicted octanol–water partition coefficient (Wildman–Crippen LogP) is 3.19. The van der Waals surface area contributed by atoms with Crippen LogP contribution in [-0.4, -0.2) is 57.2 Å². The molecule has 3 rings (SSSR count). The van der Waals surface area contributed by atoms with E-state index >= 15 is 0 Å². The number of benzene rings is 2. The molecule has 0 aliphatic heterocycles. The molecule has 6 nitrogen and oxygen atoms in total. The fraction of sp³-hybridized carbons (Fsp3) is 0.348. The first-order valence-electron chi connectivity index (χ1n) is 9.92. The molecular weight excluding hydrogens is 362 g/mol. The first-order chi connectivity index (χ1) is 14.1. The van der Waals surface area contributed by atoms with Crippen LogP contribution in [0.3, 0.4) is 0 Å². The van der Waals surface area contributed by atoms with Gasteiger partial charge in [0.2, 0.25) is 0 Å². The lowest BCUT2D eigenvalue weighted by atomic mass is 10.1. The Kier molecular flexibility index (Phi) is 7.14. The molecule has 0 aliphatic rings. The van der Waals surface area contributed by atoms with Crippen LogP contribution in [0.2, 0.25) is 0 Å². The Labute approximate surface area is 173 Å². The molecule has 0 saturated heterocycles. The Morgan fingerprint density at radius 3 is 2.72 bits per heavy atom. The van der Waals surface area contributed by atoms with E-state index in [2.05, 4.69) is 82.2 Å². The highest BCUT2D eigenvalue weighted by atomic mass is 16.5. The van der Waals surface area contributed by atoms with Crippen molar-refractivity contribution in [3.63, 3.8) is 0 Å². The standard InChI is InChI=1S/C23H31N5O/c1-24-23(25-13-12-18-15-26-21-11-6-5-10-20(18)21)27-16-22(28(2)3)17-8-7-9-19(14-17)29-4/h5-11,14-15,22,26H,12-13,16H2,1-4H3,(H2,24,25,27). The van der Waals surface area contributed by atoms with Crippen molar-refractivity contribution < 1.29 is 4.74 Å². The number of aliphatic imine (C=N–C) groups is 1. The molecular formula is C23H31N5O. The van der Waals surface area contributed by atoms with Gasteiger partial charge >= 0.3 is 0 Å². The summed E-state index contributed by atoms with van der Waals surface area (Å²) in [7, 11) is 7.66. The zero-order valence-corrected chi connectivity index (χ0v) is 17.7. The van der Waals surface area contributed by atoms with Crippen molar-refractivity contribution in [2.75, 3.05) is 41.3 Å². The number of guanidine groups is 1. The summed E-state index contributed by atoms with van der Waals surface area (Å²) < 4.78 is 5.37. The van der Waals surface area contributed by atoms with Crippen molar-refractivity contribution in [3.05, 3.63) is 65.9 Å². The fourth-order valence-corrected chi connectivity index (χ4v) is 3.52. The number of para-hydroxylation sites is 1. The summed E-state index contributed by atoms with van der Waals surface area (Å²) in [6.45, 7) is 1.56. The maximum atomic E-state index is 5.37. The third-order valence-electron chi connectivity index (χ3n) is 5.15. The third kappa shape index (κ3) is 5.29. The normalized spacial score (nSPS) is 12.9. The Morgan fingerprint density at radius 1 is 1.14 bits per heavy atom. The zero-order chi connectivity index (χ0) is 20.6. The van der Waals surface area contributed by atoms with E-state index in [0.29, 0.717) is 0 Å². The van der Waals surface area contributed by atoms with Gasteiger partial charge in [-0.05, 0) is 49.8 Å². The summed E-state index contributed by atoms with van der Waals surface area (Å²) in [5.41, 5.74) is 3.69. The molecule has 3 aromatic rings. The molecule has 1 atom stereocenters. The molecule has 0 radical (unpaired) electrons. The number of hydrogen-bond acceptors (Lipinski definition) is 3. The molecule has 154 valence electrons. The number of aromatic amines is 1. The third-order valence-corrected chi connectivity index (χ3v) is 5.15. The monoisotopic (exact) mass is 393 g/mol. The molecule has 1 unspecified atom stereocenters. The summed E-state index contributed by atoms with van der Waals surface area (Å²) in [6.07, 6.45) is 3.02. The van der Waals surface area contributed by atoms with Crippen LogP contribution in [0.1, 0.15) is 17.2 Å². The molecule has 6 heteroatoms. The Morgan fingerprint density at radius 2 is 1.97 bits per heavy atom. The number of ether oxygens (including phenoxy) is 1. The highest BCUT2D eigenvalue weighted by Gasteiger charge is 2.15. The molecule has 0 aliphatic carbocycles. The van der Waals surface area contributed by atoms with Crippen molar-refractivity contribution in [2.45, 2.75) is 12.5 Å². The summed E-state index contributed by atoms with van der Waals surface area (Å²) in [5.74, 6) is 1.68. The van der Waals surface area contributed by atoms with Gasteiger partial charge < -0.3 is 25.3 Å². The second kappa shape index (κ2) is 9.98. The minimum atomic E-state index is 0.206. The number of fused-ring (bicyclic) bond motifs is 1. The number of hydrogen-bond donors (Lipinski definition) is 3. The molecule has 1 aromatic heterocycles. The molecule has 0 amide bonds. The van der Waals surface area contributed by atoms with E-state index in [0.717, 1.165) is 31.2 Å². The molecule has 0 saturated carbocycles. The van der Waals surface area contributed by atoms with E-state index < -0.39 is 0 Å². The number of rotatable bonds is 8. The molecule has 29 heavy (non-hydrogen) atoms. The van der Waals surface area contributed by atoms with E-state index in [9.17, 15) is 0 Å².